The van der Waals surface area contributed by atoms with Gasteiger partial charge in [0, 0.05) is 20.1 Å². The number of anilines is 3. The third-order valence-corrected chi connectivity index (χ3v) is 3.60. The normalized spacial score (nSPS) is 14.0. The zero-order chi connectivity index (χ0) is 15.0. The Morgan fingerprint density at radius 3 is 2.76 bits per heavy atom. The molecule has 2 heterocycles. The van der Waals surface area contributed by atoms with Gasteiger partial charge < -0.3 is 15.5 Å². The Morgan fingerprint density at radius 1 is 1.29 bits per heavy atom. The van der Waals surface area contributed by atoms with E-state index in [2.05, 4.69) is 9.88 Å². The molecule has 0 atom stereocenters. The molecule has 5 nitrogen and oxygen atoms in total. The monoisotopic (exact) mass is 286 g/mol. The number of amides is 1. The molecule has 0 saturated heterocycles. The van der Waals surface area contributed by atoms with Crippen LogP contribution >= 0.6 is 0 Å². The number of carbonyl (C=O) groups is 1. The van der Waals surface area contributed by atoms with Crippen molar-refractivity contribution >= 4 is 23.1 Å². The summed E-state index contributed by atoms with van der Waals surface area (Å²) in [7, 11) is 1.97. The molecule has 2 aromatic rings. The molecule has 0 saturated carbocycles. The van der Waals surface area contributed by atoms with Crippen LogP contribution in [-0.4, -0.2) is 31.0 Å². The summed E-state index contributed by atoms with van der Waals surface area (Å²) in [6.07, 6.45) is 1.00. The number of halogens is 1. The third-order valence-electron chi connectivity index (χ3n) is 3.60. The SMILES string of the molecule is CN1CCN(C(=O)c2cc(F)cnc2N)c2ccccc21. The molecule has 0 bridgehead atoms. The standard InChI is InChI=1S/C15H15FN4O/c1-19-6-7-20(13-5-3-2-4-12(13)19)15(21)11-8-10(16)9-18-14(11)17/h2-5,8-9H,6-7H2,1H3,(H2,17,18). The van der Waals surface area contributed by atoms with Crippen LogP contribution in [0.1, 0.15) is 10.4 Å². The molecule has 1 aromatic carbocycles. The highest BCUT2D eigenvalue weighted by Gasteiger charge is 2.27. The Morgan fingerprint density at radius 2 is 2.00 bits per heavy atom. The van der Waals surface area contributed by atoms with Crippen molar-refractivity contribution in [3.05, 3.63) is 47.9 Å². The number of pyridine rings is 1. The van der Waals surface area contributed by atoms with Gasteiger partial charge in [-0.2, -0.15) is 0 Å². The fraction of sp³-hybridized carbons (Fsp3) is 0.200. The second-order valence-electron chi connectivity index (χ2n) is 4.95. The number of hydrogen-bond donors (Lipinski definition) is 1. The Hall–Kier alpha value is -2.63. The highest BCUT2D eigenvalue weighted by molar-refractivity contribution is 6.10. The molecule has 21 heavy (non-hydrogen) atoms. The van der Waals surface area contributed by atoms with E-state index in [9.17, 15) is 9.18 Å². The average molecular weight is 286 g/mol. The van der Waals surface area contributed by atoms with Gasteiger partial charge in [0.15, 0.2) is 0 Å². The molecule has 1 aliphatic rings. The maximum absolute atomic E-state index is 13.3. The highest BCUT2D eigenvalue weighted by Crippen LogP contribution is 2.33. The van der Waals surface area contributed by atoms with Gasteiger partial charge in [0.1, 0.15) is 11.6 Å². The summed E-state index contributed by atoms with van der Waals surface area (Å²) in [4.78, 5) is 20.1. The van der Waals surface area contributed by atoms with E-state index in [1.807, 2.05) is 31.3 Å². The topological polar surface area (TPSA) is 62.5 Å². The molecule has 0 fully saturated rings. The first-order valence-corrected chi connectivity index (χ1v) is 6.61. The number of rotatable bonds is 1. The minimum Gasteiger partial charge on any atom is -0.383 e. The molecule has 0 spiro atoms. The molecule has 2 N–H and O–H groups in total. The molecule has 108 valence electrons. The Bertz CT molecular complexity index is 704. The van der Waals surface area contributed by atoms with Gasteiger partial charge in [0.05, 0.1) is 23.1 Å². The maximum atomic E-state index is 13.3. The number of nitrogens with zero attached hydrogens (tertiary/aromatic N) is 3. The molecule has 1 amide bonds. The molecule has 3 rings (SSSR count). The van der Waals surface area contributed by atoms with E-state index in [0.717, 1.165) is 23.6 Å². The van der Waals surface area contributed by atoms with Crippen LogP contribution < -0.4 is 15.5 Å². The highest BCUT2D eigenvalue weighted by atomic mass is 19.1. The van der Waals surface area contributed by atoms with Crippen molar-refractivity contribution in [2.24, 2.45) is 0 Å². The summed E-state index contributed by atoms with van der Waals surface area (Å²) in [5, 5.41) is 0. The molecule has 0 unspecified atom stereocenters. The molecule has 1 aliphatic heterocycles. The molecule has 0 radical (unpaired) electrons. The van der Waals surface area contributed by atoms with Gasteiger partial charge in [0.2, 0.25) is 0 Å². The van der Waals surface area contributed by atoms with E-state index in [0.29, 0.717) is 13.1 Å². The fourth-order valence-electron chi connectivity index (χ4n) is 2.48. The van der Waals surface area contributed by atoms with Crippen LogP contribution in [0.2, 0.25) is 0 Å². The van der Waals surface area contributed by atoms with Gasteiger partial charge in [0.25, 0.3) is 5.91 Å². The van der Waals surface area contributed by atoms with Crippen LogP contribution in [0.4, 0.5) is 21.6 Å². The van der Waals surface area contributed by atoms with Gasteiger partial charge in [-0.15, -0.1) is 0 Å². The number of aromatic nitrogens is 1. The average Bonchev–Trinajstić information content (AvgIpc) is 2.50. The van der Waals surface area contributed by atoms with Crippen molar-refractivity contribution in [2.45, 2.75) is 0 Å². The van der Waals surface area contributed by atoms with Crippen LogP contribution in [0, 0.1) is 5.82 Å². The van der Waals surface area contributed by atoms with Crippen molar-refractivity contribution in [1.82, 2.24) is 4.98 Å². The van der Waals surface area contributed by atoms with Crippen LogP contribution in [0.25, 0.3) is 0 Å². The first-order chi connectivity index (χ1) is 10.1. The van der Waals surface area contributed by atoms with Crippen molar-refractivity contribution in [3.63, 3.8) is 0 Å². The summed E-state index contributed by atoms with van der Waals surface area (Å²) in [5.74, 6) is -0.868. The van der Waals surface area contributed by atoms with Crippen LogP contribution in [-0.2, 0) is 0 Å². The summed E-state index contributed by atoms with van der Waals surface area (Å²) >= 11 is 0. The van der Waals surface area contributed by atoms with Gasteiger partial charge in [-0.05, 0) is 18.2 Å². The molecular formula is C15H15FN4O. The van der Waals surface area contributed by atoms with Crippen LogP contribution in [0.15, 0.2) is 36.5 Å². The lowest BCUT2D eigenvalue weighted by atomic mass is 10.1. The van der Waals surface area contributed by atoms with E-state index in [4.69, 9.17) is 5.73 Å². The number of para-hydroxylation sites is 2. The third kappa shape index (κ3) is 2.29. The maximum Gasteiger partial charge on any atom is 0.262 e. The minimum absolute atomic E-state index is 0.0396. The van der Waals surface area contributed by atoms with Crippen molar-refractivity contribution in [2.75, 3.05) is 35.7 Å². The number of benzene rings is 1. The Labute approximate surface area is 121 Å². The molecule has 1 aromatic heterocycles. The van der Waals surface area contributed by atoms with E-state index in [1.165, 1.54) is 0 Å². The number of hydrogen-bond acceptors (Lipinski definition) is 4. The number of nitrogen functional groups attached to an aromatic ring is 1. The van der Waals surface area contributed by atoms with Crippen molar-refractivity contribution in [1.29, 1.82) is 0 Å². The van der Waals surface area contributed by atoms with Gasteiger partial charge >= 0.3 is 0 Å². The predicted octanol–water partition coefficient (Wildman–Crippen LogP) is 1.90. The fourth-order valence-corrected chi connectivity index (χ4v) is 2.48. The number of carbonyl (C=O) groups excluding carboxylic acids is 1. The smallest absolute Gasteiger partial charge is 0.262 e. The van der Waals surface area contributed by atoms with Gasteiger partial charge in [-0.3, -0.25) is 4.79 Å². The zero-order valence-electron chi connectivity index (χ0n) is 11.6. The number of nitrogens with two attached hydrogens (primary N) is 1. The lowest BCUT2D eigenvalue weighted by Crippen LogP contribution is -2.43. The number of likely N-dealkylation sites (N-methyl/N-ethyl adjacent to an activating group) is 1. The van der Waals surface area contributed by atoms with E-state index in [-0.39, 0.29) is 17.3 Å². The largest absolute Gasteiger partial charge is 0.383 e. The van der Waals surface area contributed by atoms with Crippen molar-refractivity contribution in [3.8, 4) is 0 Å². The van der Waals surface area contributed by atoms with Crippen LogP contribution in [0.5, 0.6) is 0 Å². The minimum atomic E-state index is -0.574. The van der Waals surface area contributed by atoms with Crippen LogP contribution in [0.3, 0.4) is 0 Å². The van der Waals surface area contributed by atoms with E-state index >= 15 is 0 Å². The number of fused-ring (bicyclic) bond motifs is 1. The van der Waals surface area contributed by atoms with Gasteiger partial charge in [-0.25, -0.2) is 9.37 Å². The quantitative estimate of drug-likeness (QED) is 0.869. The summed E-state index contributed by atoms with van der Waals surface area (Å²) in [5.41, 5.74) is 7.55. The second-order valence-corrected chi connectivity index (χ2v) is 4.95. The zero-order valence-corrected chi connectivity index (χ0v) is 11.6. The Balaban J connectivity index is 2.03. The summed E-state index contributed by atoms with van der Waals surface area (Å²) < 4.78 is 13.3. The molecule has 6 heteroatoms. The first-order valence-electron chi connectivity index (χ1n) is 6.61. The van der Waals surface area contributed by atoms with Crippen molar-refractivity contribution < 1.29 is 9.18 Å². The first kappa shape index (κ1) is 13.4. The Kier molecular flexibility index (Phi) is 3.21. The van der Waals surface area contributed by atoms with Gasteiger partial charge in [-0.1, -0.05) is 12.1 Å². The summed E-state index contributed by atoms with van der Waals surface area (Å²) in [6, 6.07) is 8.73. The van der Waals surface area contributed by atoms with E-state index < -0.39 is 5.82 Å². The lowest BCUT2D eigenvalue weighted by Gasteiger charge is -2.35. The lowest BCUT2D eigenvalue weighted by molar-refractivity contribution is 0.0987. The second kappa shape index (κ2) is 5.05. The molecule has 0 aliphatic carbocycles. The van der Waals surface area contributed by atoms with E-state index in [1.54, 1.807) is 4.90 Å². The predicted molar refractivity (Wildman–Crippen MR) is 80.0 cm³/mol. The summed E-state index contributed by atoms with van der Waals surface area (Å²) in [6.45, 7) is 1.22. The molecular weight excluding hydrogens is 271 g/mol.